The fourth-order valence-corrected chi connectivity index (χ4v) is 2.19. The van der Waals surface area contributed by atoms with Crippen molar-refractivity contribution in [2.24, 2.45) is 0 Å². The van der Waals surface area contributed by atoms with Crippen LogP contribution in [-0.2, 0) is 0 Å². The molecule has 0 saturated heterocycles. The van der Waals surface area contributed by atoms with Gasteiger partial charge in [-0.1, -0.05) is 29.8 Å². The molecule has 0 saturated carbocycles. The molecule has 0 aliphatic rings. The van der Waals surface area contributed by atoms with Crippen LogP contribution in [0.3, 0.4) is 0 Å². The van der Waals surface area contributed by atoms with Gasteiger partial charge < -0.3 is 9.67 Å². The topological polar surface area (TPSA) is 25.2 Å². The molecule has 0 bridgehead atoms. The molecule has 3 aromatic rings. The van der Waals surface area contributed by atoms with E-state index >= 15 is 0 Å². The van der Waals surface area contributed by atoms with Gasteiger partial charge in [-0.3, -0.25) is 0 Å². The Kier molecular flexibility index (Phi) is 2.30. The Bertz CT molecular complexity index is 688. The van der Waals surface area contributed by atoms with Crippen LogP contribution < -0.4 is 0 Å². The second-order valence-electron chi connectivity index (χ2n) is 3.81. The number of halogens is 1. The third-order valence-corrected chi connectivity index (χ3v) is 3.01. The average Bonchev–Trinajstić information content (AvgIpc) is 2.68. The standard InChI is InChI=1S/C14H9ClNO/c15-13-9-16(10-4-3-5-11(17)8-10)14-7-2-1-6-12(13)14/h1,3-9,17H. The van der Waals surface area contributed by atoms with Crippen molar-refractivity contribution in [2.45, 2.75) is 0 Å². The molecule has 1 N–H and O–H groups in total. The van der Waals surface area contributed by atoms with Crippen molar-refractivity contribution >= 4 is 22.5 Å². The summed E-state index contributed by atoms with van der Waals surface area (Å²) in [5.74, 6) is 0.236. The van der Waals surface area contributed by atoms with Crippen LogP contribution in [0, 0.1) is 6.07 Å². The lowest BCUT2D eigenvalue weighted by molar-refractivity contribution is 0.475. The third kappa shape index (κ3) is 1.67. The van der Waals surface area contributed by atoms with E-state index in [9.17, 15) is 5.11 Å². The molecule has 1 radical (unpaired) electrons. The minimum Gasteiger partial charge on any atom is -0.508 e. The summed E-state index contributed by atoms with van der Waals surface area (Å²) in [4.78, 5) is 0. The largest absolute Gasteiger partial charge is 0.508 e. The van der Waals surface area contributed by atoms with Gasteiger partial charge in [0.05, 0.1) is 10.5 Å². The predicted octanol–water partition coefficient (Wildman–Crippen LogP) is 3.79. The van der Waals surface area contributed by atoms with E-state index in [1.807, 2.05) is 35.0 Å². The number of fused-ring (bicyclic) bond motifs is 1. The summed E-state index contributed by atoms with van der Waals surface area (Å²) in [6.45, 7) is 0. The molecular weight excluding hydrogens is 234 g/mol. The number of aromatic nitrogens is 1. The summed E-state index contributed by atoms with van der Waals surface area (Å²) in [5.41, 5.74) is 1.85. The van der Waals surface area contributed by atoms with Crippen molar-refractivity contribution in [1.82, 2.24) is 4.57 Å². The van der Waals surface area contributed by atoms with Gasteiger partial charge in [0.25, 0.3) is 0 Å². The number of rotatable bonds is 1. The highest BCUT2D eigenvalue weighted by molar-refractivity contribution is 6.35. The smallest absolute Gasteiger partial charge is 0.117 e. The van der Waals surface area contributed by atoms with E-state index in [-0.39, 0.29) is 5.75 Å². The highest BCUT2D eigenvalue weighted by atomic mass is 35.5. The monoisotopic (exact) mass is 242 g/mol. The van der Waals surface area contributed by atoms with Crippen LogP contribution in [0.5, 0.6) is 5.75 Å². The summed E-state index contributed by atoms with van der Waals surface area (Å²) in [6, 6.07) is 15.7. The Morgan fingerprint density at radius 3 is 2.94 bits per heavy atom. The number of phenolic OH excluding ortho intramolecular Hbond substituents is 1. The van der Waals surface area contributed by atoms with Crippen LogP contribution in [0.2, 0.25) is 5.02 Å². The van der Waals surface area contributed by atoms with E-state index in [1.165, 1.54) is 0 Å². The molecule has 0 spiro atoms. The highest BCUT2D eigenvalue weighted by Crippen LogP contribution is 2.28. The van der Waals surface area contributed by atoms with Gasteiger partial charge in [0, 0.05) is 23.3 Å². The lowest BCUT2D eigenvalue weighted by Crippen LogP contribution is -1.90. The minimum atomic E-state index is 0.236. The molecule has 0 aliphatic heterocycles. The molecule has 17 heavy (non-hydrogen) atoms. The average molecular weight is 243 g/mol. The van der Waals surface area contributed by atoms with Crippen LogP contribution in [0.1, 0.15) is 0 Å². The van der Waals surface area contributed by atoms with Crippen LogP contribution in [0.4, 0.5) is 0 Å². The number of nitrogens with zero attached hydrogens (tertiary/aromatic N) is 1. The Hall–Kier alpha value is -1.93. The van der Waals surface area contributed by atoms with Gasteiger partial charge in [0.15, 0.2) is 0 Å². The fourth-order valence-electron chi connectivity index (χ4n) is 1.93. The van der Waals surface area contributed by atoms with Crippen LogP contribution >= 0.6 is 11.6 Å². The molecule has 0 unspecified atom stereocenters. The molecule has 83 valence electrons. The summed E-state index contributed by atoms with van der Waals surface area (Å²) in [5, 5.41) is 11.2. The molecule has 2 nitrogen and oxygen atoms in total. The van der Waals surface area contributed by atoms with Crippen molar-refractivity contribution in [3.63, 3.8) is 0 Å². The molecule has 0 aliphatic carbocycles. The maximum Gasteiger partial charge on any atom is 0.117 e. The van der Waals surface area contributed by atoms with Gasteiger partial charge in [0.2, 0.25) is 0 Å². The first-order chi connectivity index (χ1) is 8.25. The molecule has 3 heteroatoms. The highest BCUT2D eigenvalue weighted by Gasteiger charge is 2.07. The number of benzene rings is 2. The second kappa shape index (κ2) is 3.82. The fraction of sp³-hybridized carbons (Fsp3) is 0. The van der Waals surface area contributed by atoms with Gasteiger partial charge in [-0.15, -0.1) is 0 Å². The Balaban J connectivity index is 2.31. The lowest BCUT2D eigenvalue weighted by atomic mass is 10.2. The molecule has 0 amide bonds. The van der Waals surface area contributed by atoms with Crippen LogP contribution in [0.25, 0.3) is 16.6 Å². The maximum absolute atomic E-state index is 9.50. The van der Waals surface area contributed by atoms with E-state index < -0.39 is 0 Å². The predicted molar refractivity (Wildman–Crippen MR) is 68.8 cm³/mol. The molecule has 1 heterocycles. The van der Waals surface area contributed by atoms with Crippen molar-refractivity contribution in [1.29, 1.82) is 0 Å². The summed E-state index contributed by atoms with van der Waals surface area (Å²) in [6.07, 6.45) is 1.84. The van der Waals surface area contributed by atoms with Crippen molar-refractivity contribution in [3.8, 4) is 11.4 Å². The quantitative estimate of drug-likeness (QED) is 0.690. The summed E-state index contributed by atoms with van der Waals surface area (Å²) < 4.78 is 1.94. The molecule has 1 aromatic heterocycles. The first-order valence-electron chi connectivity index (χ1n) is 5.22. The van der Waals surface area contributed by atoms with Crippen molar-refractivity contribution in [3.05, 3.63) is 59.8 Å². The van der Waals surface area contributed by atoms with E-state index in [2.05, 4.69) is 6.07 Å². The lowest BCUT2D eigenvalue weighted by Gasteiger charge is -2.05. The number of phenols is 1. The molecule has 0 fully saturated rings. The molecule has 2 aromatic carbocycles. The van der Waals surface area contributed by atoms with Crippen molar-refractivity contribution in [2.75, 3.05) is 0 Å². The van der Waals surface area contributed by atoms with Crippen LogP contribution in [0.15, 0.2) is 48.7 Å². The SMILES string of the molecule is Oc1cccc(-n2cc(Cl)c3cc[c]cc32)c1. The zero-order chi connectivity index (χ0) is 11.8. The maximum atomic E-state index is 9.50. The minimum absolute atomic E-state index is 0.236. The summed E-state index contributed by atoms with van der Waals surface area (Å²) in [7, 11) is 0. The first kappa shape index (κ1) is 10.2. The van der Waals surface area contributed by atoms with Gasteiger partial charge >= 0.3 is 0 Å². The van der Waals surface area contributed by atoms with E-state index in [0.717, 1.165) is 16.6 Å². The summed E-state index contributed by atoms with van der Waals surface area (Å²) >= 11 is 6.17. The normalized spacial score (nSPS) is 10.9. The van der Waals surface area contributed by atoms with Crippen molar-refractivity contribution < 1.29 is 5.11 Å². The Morgan fingerprint density at radius 2 is 2.12 bits per heavy atom. The molecule has 0 atom stereocenters. The molecular formula is C14H9ClNO. The Labute approximate surface area is 104 Å². The first-order valence-corrected chi connectivity index (χ1v) is 5.59. The number of aromatic hydroxyl groups is 1. The zero-order valence-corrected chi connectivity index (χ0v) is 9.65. The Morgan fingerprint density at radius 1 is 1.24 bits per heavy atom. The van der Waals surface area contributed by atoms with Gasteiger partial charge in [-0.2, -0.15) is 0 Å². The van der Waals surface area contributed by atoms with E-state index in [1.54, 1.807) is 18.2 Å². The van der Waals surface area contributed by atoms with Gasteiger partial charge in [-0.25, -0.2) is 0 Å². The van der Waals surface area contributed by atoms with E-state index in [4.69, 9.17) is 11.6 Å². The zero-order valence-electron chi connectivity index (χ0n) is 8.89. The third-order valence-electron chi connectivity index (χ3n) is 2.71. The van der Waals surface area contributed by atoms with E-state index in [0.29, 0.717) is 5.02 Å². The van der Waals surface area contributed by atoms with Gasteiger partial charge in [0.1, 0.15) is 5.75 Å². The van der Waals surface area contributed by atoms with Gasteiger partial charge in [-0.05, 0) is 24.3 Å². The van der Waals surface area contributed by atoms with Crippen LogP contribution in [-0.4, -0.2) is 9.67 Å². The second-order valence-corrected chi connectivity index (χ2v) is 4.22. The molecule has 3 rings (SSSR count). The number of hydrogen-bond acceptors (Lipinski definition) is 1. The number of hydrogen-bond donors (Lipinski definition) is 1.